The molecule has 1 aromatic heterocycles. The number of rotatable bonds is 9. The van der Waals surface area contributed by atoms with Crippen LogP contribution in [0.5, 0.6) is 17.4 Å². The van der Waals surface area contributed by atoms with Gasteiger partial charge in [0.15, 0.2) is 5.78 Å². The molecule has 39 heavy (non-hydrogen) atoms. The van der Waals surface area contributed by atoms with E-state index in [1.54, 1.807) is 18.2 Å². The van der Waals surface area contributed by atoms with E-state index < -0.39 is 0 Å². The summed E-state index contributed by atoms with van der Waals surface area (Å²) in [5, 5.41) is 6.54. The molecule has 206 valence electrons. The number of ether oxygens (including phenoxy) is 2. The summed E-state index contributed by atoms with van der Waals surface area (Å²) in [5.74, 6) is 0.587. The first-order valence-electron chi connectivity index (χ1n) is 12.7. The minimum atomic E-state index is -0.256. The molecule has 1 aliphatic heterocycles. The van der Waals surface area contributed by atoms with Crippen LogP contribution in [0.4, 0.5) is 11.6 Å². The Labute approximate surface area is 237 Å². The molecule has 2 aromatic carbocycles. The van der Waals surface area contributed by atoms with Crippen molar-refractivity contribution in [1.29, 1.82) is 0 Å². The average Bonchev–Trinajstić information content (AvgIpc) is 2.91. The smallest absolute Gasteiger partial charge is 0.253 e. The van der Waals surface area contributed by atoms with E-state index in [1.807, 2.05) is 19.1 Å². The molecule has 2 heterocycles. The highest BCUT2D eigenvalue weighted by molar-refractivity contribution is 6.34. The van der Waals surface area contributed by atoms with E-state index >= 15 is 0 Å². The number of nitrogens with zero attached hydrogens (tertiary/aromatic N) is 3. The van der Waals surface area contributed by atoms with Crippen LogP contribution in [0.25, 0.3) is 0 Å². The number of carbonyl (C=O) groups excluding carboxylic acids is 2. The third-order valence-electron chi connectivity index (χ3n) is 6.60. The topological polar surface area (TPSA) is 106 Å². The molecule has 0 bridgehead atoms. The Hall–Kier alpha value is -3.40. The minimum absolute atomic E-state index is 0.0732. The van der Waals surface area contributed by atoms with Gasteiger partial charge in [0.05, 0.1) is 35.1 Å². The van der Waals surface area contributed by atoms with Gasteiger partial charge in [0.1, 0.15) is 16.5 Å². The largest absolute Gasteiger partial charge is 0.495 e. The summed E-state index contributed by atoms with van der Waals surface area (Å²) in [4.78, 5) is 36.1. The van der Waals surface area contributed by atoms with E-state index in [-0.39, 0.29) is 39.6 Å². The number of methoxy groups -OCH3 is 1. The first kappa shape index (κ1) is 28.6. The first-order chi connectivity index (χ1) is 18.7. The zero-order valence-corrected chi connectivity index (χ0v) is 23.8. The monoisotopic (exact) mass is 571 g/mol. The highest BCUT2D eigenvalue weighted by atomic mass is 35.5. The number of amides is 1. The van der Waals surface area contributed by atoms with Crippen molar-refractivity contribution in [2.45, 2.75) is 39.2 Å². The Morgan fingerprint density at radius 1 is 1.13 bits per heavy atom. The molecular weight excluding hydrogens is 541 g/mol. The van der Waals surface area contributed by atoms with Gasteiger partial charge in [-0.3, -0.25) is 9.59 Å². The number of benzene rings is 2. The lowest BCUT2D eigenvalue weighted by atomic mass is 10.0. The van der Waals surface area contributed by atoms with Crippen molar-refractivity contribution in [3.63, 3.8) is 0 Å². The second-order valence-corrected chi connectivity index (χ2v) is 10.2. The number of nitrogens with one attached hydrogen (secondary N) is 2. The van der Waals surface area contributed by atoms with E-state index in [2.05, 4.69) is 32.5 Å². The van der Waals surface area contributed by atoms with E-state index in [1.165, 1.54) is 20.2 Å². The zero-order valence-electron chi connectivity index (χ0n) is 22.3. The third kappa shape index (κ3) is 6.79. The summed E-state index contributed by atoms with van der Waals surface area (Å²) in [5.41, 5.74) is 2.10. The van der Waals surface area contributed by atoms with Crippen LogP contribution in [0.1, 0.15) is 53.0 Å². The molecule has 9 nitrogen and oxygen atoms in total. The highest BCUT2D eigenvalue weighted by Crippen LogP contribution is 2.35. The Kier molecular flexibility index (Phi) is 9.27. The number of ketones is 1. The zero-order chi connectivity index (χ0) is 28.1. The van der Waals surface area contributed by atoms with Gasteiger partial charge in [-0.25, -0.2) is 4.98 Å². The average molecular weight is 572 g/mol. The van der Waals surface area contributed by atoms with Crippen LogP contribution >= 0.6 is 23.2 Å². The number of hydrogen-bond donors (Lipinski definition) is 2. The third-order valence-corrected chi connectivity index (χ3v) is 7.17. The van der Waals surface area contributed by atoms with Gasteiger partial charge in [-0.1, -0.05) is 42.3 Å². The predicted octanol–water partition coefficient (Wildman–Crippen LogP) is 5.92. The van der Waals surface area contributed by atoms with Crippen molar-refractivity contribution in [3.8, 4) is 17.4 Å². The molecule has 0 radical (unpaired) electrons. The van der Waals surface area contributed by atoms with Gasteiger partial charge in [-0.15, -0.1) is 0 Å². The molecule has 3 aromatic rings. The lowest BCUT2D eigenvalue weighted by Crippen LogP contribution is -2.43. The van der Waals surface area contributed by atoms with Crippen LogP contribution < -0.4 is 20.1 Å². The molecule has 0 spiro atoms. The molecule has 0 saturated carbocycles. The summed E-state index contributed by atoms with van der Waals surface area (Å²) in [6, 6.07) is 8.65. The van der Waals surface area contributed by atoms with Crippen molar-refractivity contribution >= 4 is 46.5 Å². The Morgan fingerprint density at radius 2 is 1.87 bits per heavy atom. The lowest BCUT2D eigenvalue weighted by Gasteiger charge is -2.29. The van der Waals surface area contributed by atoms with Gasteiger partial charge >= 0.3 is 0 Å². The van der Waals surface area contributed by atoms with Gasteiger partial charge < -0.3 is 25.0 Å². The van der Waals surface area contributed by atoms with Crippen LogP contribution in [0.3, 0.4) is 0 Å². The van der Waals surface area contributed by atoms with E-state index in [0.717, 1.165) is 31.5 Å². The van der Waals surface area contributed by atoms with E-state index in [4.69, 9.17) is 32.7 Å². The summed E-state index contributed by atoms with van der Waals surface area (Å²) >= 11 is 12.8. The van der Waals surface area contributed by atoms with Gasteiger partial charge in [0.2, 0.25) is 11.8 Å². The summed E-state index contributed by atoms with van der Waals surface area (Å²) in [6.07, 6.45) is 3.82. The highest BCUT2D eigenvalue weighted by Gasteiger charge is 2.22. The molecule has 1 aliphatic rings. The predicted molar refractivity (Wildman–Crippen MR) is 152 cm³/mol. The van der Waals surface area contributed by atoms with Gasteiger partial charge in [-0.05, 0) is 70.1 Å². The number of carbonyl (C=O) groups is 2. The van der Waals surface area contributed by atoms with Crippen LogP contribution in [0.2, 0.25) is 10.0 Å². The molecule has 0 unspecified atom stereocenters. The number of anilines is 2. The van der Waals surface area contributed by atoms with Crippen LogP contribution in [-0.2, 0) is 6.42 Å². The van der Waals surface area contributed by atoms with Gasteiger partial charge in [0.25, 0.3) is 5.91 Å². The summed E-state index contributed by atoms with van der Waals surface area (Å²) < 4.78 is 11.5. The molecule has 2 N–H and O–H groups in total. The number of piperidine rings is 1. The first-order valence-corrected chi connectivity index (χ1v) is 13.4. The Balaban J connectivity index is 1.56. The number of likely N-dealkylation sites (tertiary alicyclic amines) is 1. The second kappa shape index (κ2) is 12.6. The van der Waals surface area contributed by atoms with E-state index in [0.29, 0.717) is 34.7 Å². The molecule has 0 aliphatic carbocycles. The maximum absolute atomic E-state index is 13.0. The second-order valence-electron chi connectivity index (χ2n) is 9.36. The number of aryl methyl sites for hydroxylation is 1. The molecule has 0 atom stereocenters. The Morgan fingerprint density at radius 3 is 2.54 bits per heavy atom. The molecule has 1 fully saturated rings. The van der Waals surface area contributed by atoms with Crippen LogP contribution in [0, 0.1) is 0 Å². The minimum Gasteiger partial charge on any atom is -0.495 e. The molecule has 1 amide bonds. The summed E-state index contributed by atoms with van der Waals surface area (Å²) in [7, 11) is 3.56. The number of Topliss-reactive ketones (excluding diaryl/α,β-unsaturated/α-hetero) is 1. The number of hydrogen-bond acceptors (Lipinski definition) is 8. The van der Waals surface area contributed by atoms with Gasteiger partial charge in [0, 0.05) is 6.04 Å². The summed E-state index contributed by atoms with van der Waals surface area (Å²) in [6.45, 7) is 5.31. The Bertz CT molecular complexity index is 1380. The molecule has 4 rings (SSSR count). The maximum Gasteiger partial charge on any atom is 0.253 e. The quantitative estimate of drug-likeness (QED) is 0.305. The van der Waals surface area contributed by atoms with Crippen molar-refractivity contribution in [1.82, 2.24) is 20.2 Å². The standard InChI is InChI=1S/C28H31Cl2N5O4/c1-5-17-7-6-8-23(25(17)16(2)36)39-27-21(30)15-31-28(34-27)33-22-14-20(29)19(13-24(22)38-4)26(37)32-18-9-11-35(3)12-10-18/h6-8,13-15,18H,5,9-12H2,1-4H3,(H,32,37)(H,31,33,34). The van der Waals surface area contributed by atoms with Crippen molar-refractivity contribution < 1.29 is 19.1 Å². The lowest BCUT2D eigenvalue weighted by molar-refractivity contribution is 0.0916. The van der Waals surface area contributed by atoms with Crippen LogP contribution in [0.15, 0.2) is 36.5 Å². The van der Waals surface area contributed by atoms with Crippen molar-refractivity contribution in [2.24, 2.45) is 0 Å². The normalized spacial score (nSPS) is 14.1. The molecular formula is C28H31Cl2N5O4. The fraction of sp³-hybridized carbons (Fsp3) is 0.357. The fourth-order valence-electron chi connectivity index (χ4n) is 4.47. The maximum atomic E-state index is 13.0. The van der Waals surface area contributed by atoms with Gasteiger partial charge in [-0.2, -0.15) is 4.98 Å². The molecule has 11 heteroatoms. The molecule has 1 saturated heterocycles. The van der Waals surface area contributed by atoms with Crippen LogP contribution in [-0.4, -0.2) is 59.8 Å². The number of aromatic nitrogens is 2. The number of halogens is 2. The fourth-order valence-corrected chi connectivity index (χ4v) is 4.85. The SMILES string of the molecule is CCc1cccc(Oc2nc(Nc3cc(Cl)c(C(=O)NC4CCN(C)CC4)cc3OC)ncc2Cl)c1C(C)=O. The van der Waals surface area contributed by atoms with Crippen molar-refractivity contribution in [2.75, 3.05) is 32.6 Å². The van der Waals surface area contributed by atoms with E-state index in [9.17, 15) is 9.59 Å². The van der Waals surface area contributed by atoms with Crippen molar-refractivity contribution in [3.05, 3.63) is 63.3 Å².